The molecule has 20 heavy (non-hydrogen) atoms. The van der Waals surface area contributed by atoms with Crippen molar-refractivity contribution in [1.82, 2.24) is 4.98 Å². The number of ether oxygens (including phenoxy) is 2. The molecule has 1 heterocycles. The highest BCUT2D eigenvalue weighted by atomic mass is 16.7. The van der Waals surface area contributed by atoms with Crippen LogP contribution in [0.3, 0.4) is 0 Å². The van der Waals surface area contributed by atoms with Crippen LogP contribution in [-0.2, 0) is 11.3 Å². The Morgan fingerprint density at radius 2 is 1.90 bits per heavy atom. The highest BCUT2D eigenvalue weighted by Crippen LogP contribution is 2.12. The molecule has 0 aliphatic heterocycles. The highest BCUT2D eigenvalue weighted by molar-refractivity contribution is 5.85. The monoisotopic (exact) mass is 272 g/mol. The summed E-state index contributed by atoms with van der Waals surface area (Å²) in [4.78, 5) is 25.7. The van der Waals surface area contributed by atoms with Gasteiger partial charge in [-0.25, -0.2) is 4.79 Å². The van der Waals surface area contributed by atoms with Crippen LogP contribution in [0.1, 0.15) is 15.9 Å². The minimum absolute atomic E-state index is 0.0234. The largest absolute Gasteiger partial charge is 0.545 e. The maximum absolute atomic E-state index is 11.4. The molecule has 0 fully saturated rings. The van der Waals surface area contributed by atoms with Gasteiger partial charge in [0.1, 0.15) is 6.61 Å². The van der Waals surface area contributed by atoms with Gasteiger partial charge in [-0.3, -0.25) is 4.98 Å². The van der Waals surface area contributed by atoms with Crippen LogP contribution >= 0.6 is 0 Å². The van der Waals surface area contributed by atoms with E-state index in [-0.39, 0.29) is 17.9 Å². The number of hydrogen-bond acceptors (Lipinski definition) is 6. The molecular formula is C14H10NO5-. The molecule has 1 aromatic carbocycles. The molecule has 6 heteroatoms. The lowest BCUT2D eigenvalue weighted by atomic mass is 10.2. The first kappa shape index (κ1) is 13.5. The fourth-order valence-corrected chi connectivity index (χ4v) is 1.43. The van der Waals surface area contributed by atoms with E-state index in [0.29, 0.717) is 0 Å². The van der Waals surface area contributed by atoms with Gasteiger partial charge in [0.05, 0.1) is 12.2 Å². The first-order valence-corrected chi connectivity index (χ1v) is 5.70. The van der Waals surface area contributed by atoms with Crippen molar-refractivity contribution < 1.29 is 24.2 Å². The van der Waals surface area contributed by atoms with Crippen molar-refractivity contribution in [2.45, 2.75) is 6.61 Å². The Morgan fingerprint density at radius 3 is 2.60 bits per heavy atom. The zero-order valence-corrected chi connectivity index (χ0v) is 10.3. The molecule has 0 spiro atoms. The third-order valence-electron chi connectivity index (χ3n) is 2.35. The van der Waals surface area contributed by atoms with E-state index in [2.05, 4.69) is 4.98 Å². The van der Waals surface area contributed by atoms with Gasteiger partial charge in [-0.15, -0.1) is 0 Å². The van der Waals surface area contributed by atoms with Crippen LogP contribution in [0.4, 0.5) is 4.79 Å². The Kier molecular flexibility index (Phi) is 4.28. The summed E-state index contributed by atoms with van der Waals surface area (Å²) < 4.78 is 9.69. The first-order chi connectivity index (χ1) is 9.65. The highest BCUT2D eigenvalue weighted by Gasteiger charge is 2.07. The Morgan fingerprint density at radius 1 is 1.15 bits per heavy atom. The van der Waals surface area contributed by atoms with Crippen LogP contribution < -0.4 is 9.84 Å². The molecular weight excluding hydrogens is 262 g/mol. The van der Waals surface area contributed by atoms with E-state index in [1.165, 1.54) is 6.20 Å². The molecule has 0 bridgehead atoms. The maximum Gasteiger partial charge on any atom is 0.514 e. The molecule has 0 unspecified atom stereocenters. The molecule has 2 aromatic rings. The molecule has 1 aromatic heterocycles. The van der Waals surface area contributed by atoms with Crippen LogP contribution in [0, 0.1) is 0 Å². The number of aromatic nitrogens is 1. The zero-order chi connectivity index (χ0) is 14.4. The lowest BCUT2D eigenvalue weighted by molar-refractivity contribution is -0.255. The summed E-state index contributed by atoms with van der Waals surface area (Å²) in [5.74, 6) is -1.43. The molecule has 0 saturated heterocycles. The molecule has 6 nitrogen and oxygen atoms in total. The predicted octanol–water partition coefficient (Wildman–Crippen LogP) is 1.16. The van der Waals surface area contributed by atoms with Crippen molar-refractivity contribution >= 4 is 12.1 Å². The summed E-state index contributed by atoms with van der Waals surface area (Å²) in [5.41, 5.74) is 0.629. The number of carboxylic acid groups (broad SMARTS) is 1. The molecule has 0 aliphatic carbocycles. The summed E-state index contributed by atoms with van der Waals surface area (Å²) in [6, 6.07) is 10.2. The standard InChI is InChI=1S/C14H11NO5/c16-13(17)11-6-12(8-15-7-11)20-14(18)19-9-10-4-2-1-3-5-10/h1-8H,9H2,(H,16,17)/p-1. The van der Waals surface area contributed by atoms with Gasteiger partial charge < -0.3 is 19.4 Å². The smallest absolute Gasteiger partial charge is 0.514 e. The van der Waals surface area contributed by atoms with Gasteiger partial charge in [0, 0.05) is 11.8 Å². The van der Waals surface area contributed by atoms with Crippen LogP contribution in [0.25, 0.3) is 0 Å². The van der Waals surface area contributed by atoms with E-state index >= 15 is 0 Å². The van der Waals surface area contributed by atoms with Crippen LogP contribution in [-0.4, -0.2) is 17.1 Å². The molecule has 0 saturated carbocycles. The summed E-state index contributed by atoms with van der Waals surface area (Å²) in [5, 5.41) is 10.6. The van der Waals surface area contributed by atoms with E-state index < -0.39 is 12.1 Å². The van der Waals surface area contributed by atoms with Crippen LogP contribution in [0.15, 0.2) is 48.8 Å². The molecule has 0 amide bonds. The molecule has 0 N–H and O–H groups in total. The molecule has 102 valence electrons. The number of rotatable bonds is 4. The van der Waals surface area contributed by atoms with Gasteiger partial charge in [0.2, 0.25) is 0 Å². The Balaban J connectivity index is 1.91. The van der Waals surface area contributed by atoms with Crippen molar-refractivity contribution in [3.63, 3.8) is 0 Å². The summed E-state index contributed by atoms with van der Waals surface area (Å²) >= 11 is 0. The Hall–Kier alpha value is -2.89. The second-order valence-electron chi connectivity index (χ2n) is 3.82. The van der Waals surface area contributed by atoms with Gasteiger partial charge >= 0.3 is 6.16 Å². The number of benzene rings is 1. The summed E-state index contributed by atoms with van der Waals surface area (Å²) in [7, 11) is 0. The number of aromatic carboxylic acids is 1. The van der Waals surface area contributed by atoms with E-state index in [0.717, 1.165) is 17.8 Å². The molecule has 2 rings (SSSR count). The van der Waals surface area contributed by atoms with Crippen molar-refractivity contribution in [3.8, 4) is 5.75 Å². The Labute approximate surface area is 114 Å². The van der Waals surface area contributed by atoms with Gasteiger partial charge in [-0.1, -0.05) is 30.3 Å². The number of carbonyl (C=O) groups excluding carboxylic acids is 2. The Bertz CT molecular complexity index is 612. The van der Waals surface area contributed by atoms with Gasteiger partial charge in [-0.05, 0) is 11.6 Å². The van der Waals surface area contributed by atoms with Crippen molar-refractivity contribution in [2.75, 3.05) is 0 Å². The van der Waals surface area contributed by atoms with Gasteiger partial charge in [-0.2, -0.15) is 0 Å². The fraction of sp³-hybridized carbons (Fsp3) is 0.0714. The number of nitrogens with zero attached hydrogens (tertiary/aromatic N) is 1. The average molecular weight is 272 g/mol. The number of hydrogen-bond donors (Lipinski definition) is 0. The number of carbonyl (C=O) groups is 2. The molecule has 0 atom stereocenters. The number of pyridine rings is 1. The molecule has 0 aliphatic rings. The third-order valence-corrected chi connectivity index (χ3v) is 2.35. The summed E-state index contributed by atoms with van der Waals surface area (Å²) in [6.07, 6.45) is 1.36. The third kappa shape index (κ3) is 3.81. The van der Waals surface area contributed by atoms with Crippen molar-refractivity contribution in [3.05, 3.63) is 59.9 Å². The second-order valence-corrected chi connectivity index (χ2v) is 3.82. The quantitative estimate of drug-likeness (QED) is 0.776. The van der Waals surface area contributed by atoms with Gasteiger partial charge in [0.15, 0.2) is 5.75 Å². The topological polar surface area (TPSA) is 88.6 Å². The van der Waals surface area contributed by atoms with Gasteiger partial charge in [0.25, 0.3) is 0 Å². The fourth-order valence-electron chi connectivity index (χ4n) is 1.43. The van der Waals surface area contributed by atoms with Crippen LogP contribution in [0.5, 0.6) is 5.75 Å². The molecule has 0 radical (unpaired) electrons. The van der Waals surface area contributed by atoms with Crippen molar-refractivity contribution in [2.24, 2.45) is 0 Å². The van der Waals surface area contributed by atoms with E-state index in [1.807, 2.05) is 18.2 Å². The first-order valence-electron chi connectivity index (χ1n) is 5.70. The summed E-state index contributed by atoms with van der Waals surface area (Å²) in [6.45, 7) is 0.0628. The lowest BCUT2D eigenvalue weighted by Crippen LogP contribution is -2.22. The maximum atomic E-state index is 11.4. The van der Waals surface area contributed by atoms with E-state index in [1.54, 1.807) is 12.1 Å². The zero-order valence-electron chi connectivity index (χ0n) is 10.3. The van der Waals surface area contributed by atoms with E-state index in [4.69, 9.17) is 9.47 Å². The minimum Gasteiger partial charge on any atom is -0.545 e. The van der Waals surface area contributed by atoms with E-state index in [9.17, 15) is 14.7 Å². The average Bonchev–Trinajstić information content (AvgIpc) is 2.46. The normalized spacial score (nSPS) is 9.80. The lowest BCUT2D eigenvalue weighted by Gasteiger charge is -2.07. The SMILES string of the molecule is O=C(OCc1ccccc1)Oc1cncc(C(=O)[O-])c1. The number of carboxylic acids is 1. The second kappa shape index (κ2) is 6.33. The predicted molar refractivity (Wildman–Crippen MR) is 65.8 cm³/mol. The van der Waals surface area contributed by atoms with Crippen LogP contribution in [0.2, 0.25) is 0 Å². The minimum atomic E-state index is -1.40. The van der Waals surface area contributed by atoms with Crippen molar-refractivity contribution in [1.29, 1.82) is 0 Å².